The van der Waals surface area contributed by atoms with Crippen molar-refractivity contribution in [3.8, 4) is 0 Å². The number of amides is 1. The molecule has 136 valence electrons. The van der Waals surface area contributed by atoms with Crippen LogP contribution in [0.5, 0.6) is 0 Å². The third kappa shape index (κ3) is 3.44. The second-order valence-corrected chi connectivity index (χ2v) is 9.05. The second-order valence-electron chi connectivity index (χ2n) is 7.26. The number of nitrogens with zero attached hydrogens (tertiary/aromatic N) is 2. The Bertz CT molecular complexity index is 748. The number of hydrogen-bond donors (Lipinski definition) is 1. The summed E-state index contributed by atoms with van der Waals surface area (Å²) in [7, 11) is 2.19. The number of carbonyl (C=O) groups is 1. The number of rotatable bonds is 2. The van der Waals surface area contributed by atoms with E-state index >= 15 is 0 Å². The number of thioether (sulfide) groups is 1. The summed E-state index contributed by atoms with van der Waals surface area (Å²) in [5, 5.41) is 1.45. The van der Waals surface area contributed by atoms with E-state index in [2.05, 4.69) is 40.9 Å². The third-order valence-corrected chi connectivity index (χ3v) is 7.19. The van der Waals surface area contributed by atoms with Crippen LogP contribution in [0.2, 0.25) is 0 Å². The molecule has 1 atom stereocenters. The van der Waals surface area contributed by atoms with Gasteiger partial charge in [-0.1, -0.05) is 25.6 Å². The Hall–Kier alpha value is -1.46. The number of carbonyl (C=O) groups excluding carboxylic acids is 1. The molecule has 2 fully saturated rings. The molecular formula is C20H29N3OS. The molecule has 0 saturated carbocycles. The maximum absolute atomic E-state index is 12.9. The van der Waals surface area contributed by atoms with Crippen molar-refractivity contribution < 1.29 is 4.79 Å². The van der Waals surface area contributed by atoms with Crippen molar-refractivity contribution in [1.29, 1.82) is 0 Å². The Kier molecular flexibility index (Phi) is 5.16. The number of nitrogens with one attached hydrogen (secondary N) is 1. The first-order valence-electron chi connectivity index (χ1n) is 8.77. The Morgan fingerprint density at radius 3 is 2.80 bits per heavy atom. The molecule has 1 amide bonds. The molecule has 0 aliphatic carbocycles. The van der Waals surface area contributed by atoms with Gasteiger partial charge in [0.2, 0.25) is 5.91 Å². The van der Waals surface area contributed by atoms with Crippen LogP contribution in [0.15, 0.2) is 30.5 Å². The number of aromatic nitrogens is 1. The minimum atomic E-state index is 0. The largest absolute Gasteiger partial charge is 0.361 e. The summed E-state index contributed by atoms with van der Waals surface area (Å²) in [5.74, 6) is 0.260. The van der Waals surface area contributed by atoms with Crippen LogP contribution in [-0.2, 0) is 11.2 Å². The fraction of sp³-hybridized carbons (Fsp3) is 0.550. The number of hydrogen-bond acceptors (Lipinski definition) is 3. The Morgan fingerprint density at radius 2 is 2.04 bits per heavy atom. The molecule has 2 aliphatic heterocycles. The minimum Gasteiger partial charge on any atom is -0.361 e. The van der Waals surface area contributed by atoms with Gasteiger partial charge in [0.05, 0.1) is 11.8 Å². The van der Waals surface area contributed by atoms with E-state index in [0.29, 0.717) is 6.42 Å². The molecule has 1 N–H and O–H groups in total. The monoisotopic (exact) mass is 359 g/mol. The van der Waals surface area contributed by atoms with Gasteiger partial charge in [-0.2, -0.15) is 0 Å². The van der Waals surface area contributed by atoms with Crippen molar-refractivity contribution in [1.82, 2.24) is 14.8 Å². The van der Waals surface area contributed by atoms with E-state index in [1.165, 1.54) is 18.2 Å². The molecule has 4 rings (SSSR count). The lowest BCUT2D eigenvalue weighted by atomic mass is 9.95. The predicted molar refractivity (Wildman–Crippen MR) is 107 cm³/mol. The lowest BCUT2D eigenvalue weighted by Crippen LogP contribution is -2.44. The quantitative estimate of drug-likeness (QED) is 0.888. The van der Waals surface area contributed by atoms with Gasteiger partial charge in [0.25, 0.3) is 0 Å². The van der Waals surface area contributed by atoms with Crippen LogP contribution in [0.4, 0.5) is 0 Å². The average molecular weight is 360 g/mol. The van der Waals surface area contributed by atoms with Crippen molar-refractivity contribution in [2.75, 3.05) is 26.7 Å². The van der Waals surface area contributed by atoms with Gasteiger partial charge in [-0.15, -0.1) is 11.8 Å². The van der Waals surface area contributed by atoms with Crippen molar-refractivity contribution in [2.24, 2.45) is 0 Å². The topological polar surface area (TPSA) is 39.3 Å². The van der Waals surface area contributed by atoms with E-state index in [-0.39, 0.29) is 23.5 Å². The minimum absolute atomic E-state index is 0. The number of H-pyrrole nitrogens is 1. The van der Waals surface area contributed by atoms with E-state index in [1.54, 1.807) is 0 Å². The highest BCUT2D eigenvalue weighted by atomic mass is 32.2. The summed E-state index contributed by atoms with van der Waals surface area (Å²) < 4.78 is 0.280. The van der Waals surface area contributed by atoms with Crippen molar-refractivity contribution >= 4 is 28.6 Å². The van der Waals surface area contributed by atoms with Gasteiger partial charge in [0.15, 0.2) is 0 Å². The Morgan fingerprint density at radius 1 is 1.32 bits per heavy atom. The van der Waals surface area contributed by atoms with Crippen molar-refractivity contribution in [3.05, 3.63) is 36.0 Å². The fourth-order valence-corrected chi connectivity index (χ4v) is 5.71. The normalized spacial score (nSPS) is 23.1. The predicted octanol–water partition coefficient (Wildman–Crippen LogP) is 3.73. The number of fused-ring (bicyclic) bond motifs is 1. The Balaban J connectivity index is 0.00000182. The highest BCUT2D eigenvalue weighted by Crippen LogP contribution is 2.46. The van der Waals surface area contributed by atoms with Crippen LogP contribution in [0.3, 0.4) is 0 Å². The molecule has 0 radical (unpaired) electrons. The summed E-state index contributed by atoms with van der Waals surface area (Å²) in [6.45, 7) is 5.38. The first-order valence-corrected chi connectivity index (χ1v) is 9.65. The highest BCUT2D eigenvalue weighted by molar-refractivity contribution is 8.01. The van der Waals surface area contributed by atoms with Gasteiger partial charge in [0, 0.05) is 28.4 Å². The Labute approximate surface area is 155 Å². The summed E-state index contributed by atoms with van der Waals surface area (Å²) in [6.07, 6.45) is 4.86. The highest BCUT2D eigenvalue weighted by Gasteiger charge is 2.45. The number of aromatic amines is 1. The van der Waals surface area contributed by atoms with Crippen molar-refractivity contribution in [3.63, 3.8) is 0 Å². The zero-order valence-corrected chi connectivity index (χ0v) is 15.2. The van der Waals surface area contributed by atoms with E-state index in [1.807, 2.05) is 30.1 Å². The smallest absolute Gasteiger partial charge is 0.228 e. The van der Waals surface area contributed by atoms with Crippen LogP contribution in [0, 0.1) is 0 Å². The number of benzene rings is 1. The third-order valence-electron chi connectivity index (χ3n) is 5.55. The molecule has 2 saturated heterocycles. The van der Waals surface area contributed by atoms with Gasteiger partial charge in [-0.3, -0.25) is 4.79 Å². The number of likely N-dealkylation sites (tertiary alicyclic amines) is 1. The zero-order valence-electron chi connectivity index (χ0n) is 14.4. The van der Waals surface area contributed by atoms with E-state index in [9.17, 15) is 4.79 Å². The number of piperidine rings is 1. The molecular weight excluding hydrogens is 330 g/mol. The van der Waals surface area contributed by atoms with Crippen LogP contribution in [-0.4, -0.2) is 57.5 Å². The molecule has 3 heterocycles. The molecule has 1 aromatic heterocycles. The maximum Gasteiger partial charge on any atom is 0.228 e. The summed E-state index contributed by atoms with van der Waals surface area (Å²) in [6, 6.07) is 8.21. The summed E-state index contributed by atoms with van der Waals surface area (Å²) >= 11 is 2.01. The lowest BCUT2D eigenvalue weighted by Gasteiger charge is -2.36. The standard InChI is InChI=1S/C19H25N3OS.CH4/c1-14-22(13-19(24-14)7-9-21(2)10-8-19)18(23)11-15-12-20-17-6-4-3-5-16(15)17;/h3-6,12,14,20H,7-11,13H2,1-2H3;1H4. The van der Waals surface area contributed by atoms with Gasteiger partial charge < -0.3 is 14.8 Å². The van der Waals surface area contributed by atoms with E-state index in [0.717, 1.165) is 30.7 Å². The van der Waals surface area contributed by atoms with Crippen LogP contribution in [0.25, 0.3) is 10.9 Å². The lowest BCUT2D eigenvalue weighted by molar-refractivity contribution is -0.130. The molecule has 5 heteroatoms. The molecule has 2 aliphatic rings. The fourth-order valence-electron chi connectivity index (χ4n) is 4.04. The molecule has 25 heavy (non-hydrogen) atoms. The average Bonchev–Trinajstić information content (AvgIpc) is 3.13. The molecule has 2 aromatic rings. The second kappa shape index (κ2) is 7.04. The summed E-state index contributed by atoms with van der Waals surface area (Å²) in [5.41, 5.74) is 2.22. The van der Waals surface area contributed by atoms with Gasteiger partial charge >= 0.3 is 0 Å². The first-order chi connectivity index (χ1) is 11.6. The van der Waals surface area contributed by atoms with Crippen LogP contribution >= 0.6 is 11.8 Å². The molecule has 4 nitrogen and oxygen atoms in total. The SMILES string of the molecule is C.CC1SC2(CCN(C)CC2)CN1C(=O)Cc1c[nH]c2ccccc12. The molecule has 1 aromatic carbocycles. The van der Waals surface area contributed by atoms with Gasteiger partial charge in [-0.05, 0) is 51.5 Å². The molecule has 1 spiro atoms. The van der Waals surface area contributed by atoms with Crippen LogP contribution in [0.1, 0.15) is 32.8 Å². The zero-order chi connectivity index (χ0) is 16.7. The van der Waals surface area contributed by atoms with Gasteiger partial charge in [0.1, 0.15) is 0 Å². The van der Waals surface area contributed by atoms with Gasteiger partial charge in [-0.25, -0.2) is 0 Å². The van der Waals surface area contributed by atoms with Crippen LogP contribution < -0.4 is 0 Å². The molecule has 0 bridgehead atoms. The first kappa shape index (κ1) is 18.3. The van der Waals surface area contributed by atoms with Crippen molar-refractivity contribution in [2.45, 2.75) is 43.7 Å². The van der Waals surface area contributed by atoms with E-state index in [4.69, 9.17) is 0 Å². The summed E-state index contributed by atoms with van der Waals surface area (Å²) in [4.78, 5) is 20.7. The maximum atomic E-state index is 12.9. The molecule has 1 unspecified atom stereocenters. The van der Waals surface area contributed by atoms with E-state index < -0.39 is 0 Å². The number of para-hydroxylation sites is 1.